The summed E-state index contributed by atoms with van der Waals surface area (Å²) in [5.74, 6) is -0.479. The number of benzene rings is 1. The number of halogens is 1. The third kappa shape index (κ3) is 2.79. The van der Waals surface area contributed by atoms with Crippen LogP contribution in [0.2, 0.25) is 0 Å². The van der Waals surface area contributed by atoms with Crippen LogP contribution in [0.4, 0.5) is 10.1 Å². The number of ketones is 1. The minimum atomic E-state index is -0.479. The Hall–Kier alpha value is -1.42. The Morgan fingerprint density at radius 3 is 2.88 bits per heavy atom. The lowest BCUT2D eigenvalue weighted by Crippen LogP contribution is -2.20. The number of nitrogens with one attached hydrogen (secondary N) is 1. The highest BCUT2D eigenvalue weighted by molar-refractivity contribution is 5.96. The van der Waals surface area contributed by atoms with Gasteiger partial charge < -0.3 is 11.1 Å². The van der Waals surface area contributed by atoms with Gasteiger partial charge in [-0.3, -0.25) is 4.79 Å². The molecule has 0 atom stereocenters. The maximum Gasteiger partial charge on any atom is 0.164 e. The van der Waals surface area contributed by atoms with Crippen molar-refractivity contribution in [2.45, 2.75) is 25.3 Å². The lowest BCUT2D eigenvalue weighted by Gasteiger charge is -2.04. The summed E-state index contributed by atoms with van der Waals surface area (Å²) in [7, 11) is 0. The van der Waals surface area contributed by atoms with E-state index in [4.69, 9.17) is 5.73 Å². The topological polar surface area (TPSA) is 55.1 Å². The summed E-state index contributed by atoms with van der Waals surface area (Å²) >= 11 is 0. The fourth-order valence-corrected chi connectivity index (χ4v) is 1.54. The van der Waals surface area contributed by atoms with Gasteiger partial charge in [-0.2, -0.15) is 0 Å². The van der Waals surface area contributed by atoms with Crippen LogP contribution in [0.15, 0.2) is 18.2 Å². The Bertz CT molecular complexity index is 402. The van der Waals surface area contributed by atoms with Crippen molar-refractivity contribution in [3.63, 3.8) is 0 Å². The van der Waals surface area contributed by atoms with Gasteiger partial charge in [0.15, 0.2) is 5.78 Å². The van der Waals surface area contributed by atoms with Crippen LogP contribution in [0.25, 0.3) is 0 Å². The van der Waals surface area contributed by atoms with Crippen molar-refractivity contribution in [2.75, 3.05) is 12.3 Å². The number of rotatable bonds is 5. The highest BCUT2D eigenvalue weighted by Crippen LogP contribution is 2.18. The number of hydrogen-bond acceptors (Lipinski definition) is 3. The van der Waals surface area contributed by atoms with Gasteiger partial charge in [0.25, 0.3) is 0 Å². The summed E-state index contributed by atoms with van der Waals surface area (Å²) in [6, 6.07) is 4.71. The van der Waals surface area contributed by atoms with E-state index in [1.165, 1.54) is 31.0 Å². The normalized spacial score (nSPS) is 15.1. The molecule has 0 aromatic heterocycles. The highest BCUT2D eigenvalue weighted by Gasteiger charge is 2.20. The second-order valence-corrected chi connectivity index (χ2v) is 4.14. The molecule has 1 fully saturated rings. The number of carbonyl (C=O) groups excluding carboxylic acids is 1. The first-order chi connectivity index (χ1) is 7.66. The van der Waals surface area contributed by atoms with Crippen LogP contribution in [0.1, 0.15) is 29.6 Å². The molecule has 16 heavy (non-hydrogen) atoms. The third-order valence-electron chi connectivity index (χ3n) is 2.68. The number of nitrogens with two attached hydrogens (primary N) is 1. The summed E-state index contributed by atoms with van der Waals surface area (Å²) in [6.45, 7) is 0.681. The fraction of sp³-hybridized carbons (Fsp3) is 0.417. The Labute approximate surface area is 93.8 Å². The molecule has 0 unspecified atom stereocenters. The van der Waals surface area contributed by atoms with Crippen molar-refractivity contribution in [3.8, 4) is 0 Å². The summed E-state index contributed by atoms with van der Waals surface area (Å²) in [5, 5.41) is 3.26. The van der Waals surface area contributed by atoms with E-state index in [1.54, 1.807) is 0 Å². The summed E-state index contributed by atoms with van der Waals surface area (Å²) < 4.78 is 12.9. The van der Waals surface area contributed by atoms with Gasteiger partial charge in [-0.25, -0.2) is 4.39 Å². The van der Waals surface area contributed by atoms with Crippen LogP contribution in [-0.2, 0) is 0 Å². The minimum absolute atomic E-state index is 0.000139. The molecule has 4 heteroatoms. The Morgan fingerprint density at radius 2 is 2.25 bits per heavy atom. The first-order valence-electron chi connectivity index (χ1n) is 5.48. The van der Waals surface area contributed by atoms with Gasteiger partial charge in [-0.1, -0.05) is 0 Å². The van der Waals surface area contributed by atoms with Crippen molar-refractivity contribution in [1.82, 2.24) is 5.32 Å². The first kappa shape index (κ1) is 11.1. The van der Waals surface area contributed by atoms with E-state index < -0.39 is 5.82 Å². The number of hydrogen-bond donors (Lipinski definition) is 2. The zero-order chi connectivity index (χ0) is 11.5. The van der Waals surface area contributed by atoms with Crippen molar-refractivity contribution in [3.05, 3.63) is 29.6 Å². The Morgan fingerprint density at radius 1 is 1.50 bits per heavy atom. The molecule has 1 aliphatic rings. The number of carbonyl (C=O) groups is 1. The molecule has 1 aromatic rings. The maximum absolute atomic E-state index is 12.9. The van der Waals surface area contributed by atoms with Crippen LogP contribution in [0, 0.1) is 5.82 Å². The smallest absolute Gasteiger partial charge is 0.164 e. The van der Waals surface area contributed by atoms with E-state index in [0.717, 1.165) is 0 Å². The van der Waals surface area contributed by atoms with Crippen LogP contribution < -0.4 is 11.1 Å². The van der Waals surface area contributed by atoms with E-state index in [1.807, 2.05) is 0 Å². The fourth-order valence-electron chi connectivity index (χ4n) is 1.54. The largest absolute Gasteiger partial charge is 0.396 e. The van der Waals surface area contributed by atoms with Crippen molar-refractivity contribution in [1.29, 1.82) is 0 Å². The number of anilines is 1. The lowest BCUT2D eigenvalue weighted by atomic mass is 10.1. The van der Waals surface area contributed by atoms with Gasteiger partial charge in [-0.05, 0) is 31.0 Å². The molecular weight excluding hydrogens is 207 g/mol. The zero-order valence-corrected chi connectivity index (χ0v) is 9.00. The first-order valence-corrected chi connectivity index (χ1v) is 5.48. The average molecular weight is 222 g/mol. The third-order valence-corrected chi connectivity index (χ3v) is 2.68. The average Bonchev–Trinajstić information content (AvgIpc) is 3.06. The van der Waals surface area contributed by atoms with E-state index in [9.17, 15) is 9.18 Å². The summed E-state index contributed by atoms with van der Waals surface area (Å²) in [5.41, 5.74) is 5.91. The van der Waals surface area contributed by atoms with Crippen LogP contribution in [-0.4, -0.2) is 18.4 Å². The van der Waals surface area contributed by atoms with Crippen LogP contribution in [0.3, 0.4) is 0 Å². The molecule has 0 saturated heterocycles. The summed E-state index contributed by atoms with van der Waals surface area (Å²) in [4.78, 5) is 11.7. The predicted octanol–water partition coefficient (Wildman–Crippen LogP) is 1.73. The molecule has 0 aliphatic heterocycles. The van der Waals surface area contributed by atoms with Crippen molar-refractivity contribution >= 4 is 11.5 Å². The Kier molecular flexibility index (Phi) is 3.19. The molecule has 3 N–H and O–H groups in total. The van der Waals surface area contributed by atoms with Crippen LogP contribution >= 0.6 is 0 Å². The van der Waals surface area contributed by atoms with Gasteiger partial charge in [0, 0.05) is 24.6 Å². The molecule has 1 aromatic carbocycles. The van der Waals surface area contributed by atoms with E-state index >= 15 is 0 Å². The van der Waals surface area contributed by atoms with Crippen molar-refractivity contribution in [2.24, 2.45) is 0 Å². The van der Waals surface area contributed by atoms with Gasteiger partial charge in [0.2, 0.25) is 0 Å². The summed E-state index contributed by atoms with van der Waals surface area (Å²) in [6.07, 6.45) is 2.84. The monoisotopic (exact) mass is 222 g/mol. The molecule has 3 nitrogen and oxygen atoms in total. The maximum atomic E-state index is 12.9. The van der Waals surface area contributed by atoms with Crippen LogP contribution in [0.5, 0.6) is 0 Å². The SMILES string of the molecule is Nc1cc(C(=O)CCNC2CC2)ccc1F. The predicted molar refractivity (Wildman–Crippen MR) is 60.8 cm³/mol. The number of Topliss-reactive ketones (excluding diaryl/α,β-unsaturated/α-hetero) is 1. The molecule has 2 rings (SSSR count). The molecule has 1 saturated carbocycles. The molecule has 86 valence electrons. The minimum Gasteiger partial charge on any atom is -0.396 e. The zero-order valence-electron chi connectivity index (χ0n) is 9.00. The quantitative estimate of drug-likeness (QED) is 0.589. The van der Waals surface area contributed by atoms with Gasteiger partial charge in [-0.15, -0.1) is 0 Å². The Balaban J connectivity index is 1.88. The highest BCUT2D eigenvalue weighted by atomic mass is 19.1. The van der Waals surface area contributed by atoms with Gasteiger partial charge >= 0.3 is 0 Å². The molecule has 1 aliphatic carbocycles. The number of nitrogen functional groups attached to an aromatic ring is 1. The molecular formula is C12H15FN2O. The van der Waals surface area contributed by atoms with E-state index in [2.05, 4.69) is 5.32 Å². The van der Waals surface area contributed by atoms with E-state index in [0.29, 0.717) is 24.6 Å². The second-order valence-electron chi connectivity index (χ2n) is 4.14. The molecule has 0 radical (unpaired) electrons. The van der Waals surface area contributed by atoms with Crippen molar-refractivity contribution < 1.29 is 9.18 Å². The second kappa shape index (κ2) is 4.61. The molecule has 0 bridgehead atoms. The van der Waals surface area contributed by atoms with E-state index in [-0.39, 0.29) is 11.5 Å². The van der Waals surface area contributed by atoms with Gasteiger partial charge in [0.05, 0.1) is 5.69 Å². The van der Waals surface area contributed by atoms with Gasteiger partial charge in [0.1, 0.15) is 5.82 Å². The molecule has 0 heterocycles. The molecule has 0 amide bonds. The molecule has 0 spiro atoms. The lowest BCUT2D eigenvalue weighted by molar-refractivity contribution is 0.0982. The standard InChI is InChI=1S/C12H15FN2O/c13-10-4-1-8(7-11(10)14)12(16)5-6-15-9-2-3-9/h1,4,7,9,15H,2-3,5-6,14H2.